The molecule has 0 bridgehead atoms. The third-order valence-electron chi connectivity index (χ3n) is 1.02. The van der Waals surface area contributed by atoms with Gasteiger partial charge in [0, 0.05) is 24.4 Å². The van der Waals surface area contributed by atoms with Crippen molar-refractivity contribution in [3.05, 3.63) is 11.8 Å². The molecule has 1 rings (SSSR count). The molecule has 0 unspecified atom stereocenters. The summed E-state index contributed by atoms with van der Waals surface area (Å²) in [6.45, 7) is 0. The molecule has 0 saturated heterocycles. The third-order valence-corrected chi connectivity index (χ3v) is 1.51. The van der Waals surface area contributed by atoms with Crippen molar-refractivity contribution < 1.29 is 4.79 Å². The first-order valence-corrected chi connectivity index (χ1v) is 3.54. The van der Waals surface area contributed by atoms with E-state index in [9.17, 15) is 4.79 Å². The van der Waals surface area contributed by atoms with Gasteiger partial charge in [-0.1, -0.05) is 0 Å². The van der Waals surface area contributed by atoms with Crippen LogP contribution in [-0.2, 0) is 4.79 Å². The summed E-state index contributed by atoms with van der Waals surface area (Å²) < 4.78 is 2.49. The summed E-state index contributed by atoms with van der Waals surface area (Å²) in [5.41, 5.74) is 0.726. The van der Waals surface area contributed by atoms with E-state index in [1.54, 1.807) is 12.4 Å². The van der Waals surface area contributed by atoms with E-state index in [0.717, 1.165) is 5.57 Å². The predicted molar refractivity (Wildman–Crippen MR) is 43.4 cm³/mol. The first-order chi connectivity index (χ1) is 4.34. The van der Waals surface area contributed by atoms with Crippen molar-refractivity contribution in [2.45, 2.75) is 6.42 Å². The number of nitrogens with one attached hydrogen (secondary N) is 1. The van der Waals surface area contributed by atoms with Crippen LogP contribution >= 0.6 is 22.9 Å². The monoisotopic (exact) mass is 236 g/mol. The van der Waals surface area contributed by atoms with E-state index in [1.165, 1.54) is 0 Å². The molecule has 1 heterocycles. The van der Waals surface area contributed by atoms with Crippen molar-refractivity contribution in [2.75, 3.05) is 0 Å². The number of carbonyl (C=O) groups excluding carboxylic acids is 1. The normalized spacial score (nSPS) is 15.4. The topological polar surface area (TPSA) is 41.5 Å². The van der Waals surface area contributed by atoms with E-state index in [2.05, 4.69) is 8.52 Å². The van der Waals surface area contributed by atoms with Crippen molar-refractivity contribution in [3.63, 3.8) is 0 Å². The fourth-order valence-electron chi connectivity index (χ4n) is 0.558. The molecule has 1 aliphatic rings. The molecular weight excluding hydrogens is 231 g/mol. The van der Waals surface area contributed by atoms with E-state index in [0.29, 0.717) is 6.42 Å². The van der Waals surface area contributed by atoms with Crippen LogP contribution < -0.4 is 3.53 Å². The van der Waals surface area contributed by atoms with Gasteiger partial charge in [0.25, 0.3) is 5.91 Å². The number of carbonyl (C=O) groups is 1. The molecule has 0 radical (unpaired) electrons. The summed E-state index contributed by atoms with van der Waals surface area (Å²) in [4.78, 5) is 14.5. The summed E-state index contributed by atoms with van der Waals surface area (Å²) >= 11 is 1.81. The first kappa shape index (κ1) is 6.73. The van der Waals surface area contributed by atoms with Gasteiger partial charge >= 0.3 is 0 Å². The quantitative estimate of drug-likeness (QED) is 0.531. The molecule has 1 amide bonds. The molecule has 9 heavy (non-hydrogen) atoms. The highest BCUT2D eigenvalue weighted by atomic mass is 127. The molecule has 48 valence electrons. The number of rotatable bonds is 1. The van der Waals surface area contributed by atoms with Gasteiger partial charge in [0.15, 0.2) is 0 Å². The molecular formula is C5H5IN2O. The lowest BCUT2D eigenvalue weighted by atomic mass is 10.2. The average Bonchev–Trinajstić information content (AvgIpc) is 2.37. The maximum absolute atomic E-state index is 10.7. The number of halogens is 1. The minimum Gasteiger partial charge on any atom is -0.295 e. The molecule has 0 spiro atoms. The minimum absolute atomic E-state index is 0.0481. The Labute approximate surface area is 66.7 Å². The maximum atomic E-state index is 10.7. The highest BCUT2D eigenvalue weighted by Crippen LogP contribution is 2.05. The number of aliphatic imine (C=N–C) groups is 1. The van der Waals surface area contributed by atoms with E-state index in [4.69, 9.17) is 0 Å². The number of amides is 1. The summed E-state index contributed by atoms with van der Waals surface area (Å²) in [6, 6.07) is 0. The standard InChI is InChI=1S/C5H5IN2O/c6-8-5(9)4-1-2-7-3-4/h2-3H,1H2,(H,8,9). The summed E-state index contributed by atoms with van der Waals surface area (Å²) in [6.07, 6.45) is 3.95. The first-order valence-electron chi connectivity index (χ1n) is 2.46. The second kappa shape index (κ2) is 2.95. The molecule has 1 aliphatic heterocycles. The van der Waals surface area contributed by atoms with Gasteiger partial charge in [0.2, 0.25) is 0 Å². The molecule has 1 N–H and O–H groups in total. The van der Waals surface area contributed by atoms with Gasteiger partial charge in [-0.15, -0.1) is 0 Å². The van der Waals surface area contributed by atoms with Gasteiger partial charge < -0.3 is 0 Å². The van der Waals surface area contributed by atoms with E-state index in [-0.39, 0.29) is 5.91 Å². The number of hydrogen-bond acceptors (Lipinski definition) is 2. The van der Waals surface area contributed by atoms with Crippen LogP contribution in [0.5, 0.6) is 0 Å². The lowest BCUT2D eigenvalue weighted by molar-refractivity contribution is -0.115. The highest BCUT2D eigenvalue weighted by Gasteiger charge is 2.08. The predicted octanol–water partition coefficient (Wildman–Crippen LogP) is 0.811. The molecule has 3 nitrogen and oxygen atoms in total. The van der Waals surface area contributed by atoms with Gasteiger partial charge in [0.05, 0.1) is 22.9 Å². The van der Waals surface area contributed by atoms with E-state index < -0.39 is 0 Å². The Bertz CT molecular complexity index is 185. The zero-order chi connectivity index (χ0) is 6.69. The largest absolute Gasteiger partial charge is 0.295 e. The van der Waals surface area contributed by atoms with Gasteiger partial charge in [-0.25, -0.2) is 0 Å². The number of nitrogens with zero attached hydrogens (tertiary/aromatic N) is 1. The smallest absolute Gasteiger partial charge is 0.257 e. The Balaban J connectivity index is 2.55. The molecule has 0 aromatic carbocycles. The zero-order valence-corrected chi connectivity index (χ0v) is 6.75. The third kappa shape index (κ3) is 1.51. The summed E-state index contributed by atoms with van der Waals surface area (Å²) in [5.74, 6) is -0.0481. The van der Waals surface area contributed by atoms with Gasteiger partial charge in [-0.3, -0.25) is 13.3 Å². The minimum atomic E-state index is -0.0481. The Hall–Kier alpha value is -0.390. The lowest BCUT2D eigenvalue weighted by Crippen LogP contribution is -2.13. The molecule has 0 aliphatic carbocycles. The lowest BCUT2D eigenvalue weighted by Gasteiger charge is -1.93. The fourth-order valence-corrected chi connectivity index (χ4v) is 0.905. The molecule has 4 heteroatoms. The Morgan fingerprint density at radius 1 is 1.89 bits per heavy atom. The van der Waals surface area contributed by atoms with Crippen molar-refractivity contribution >= 4 is 35.0 Å². The highest BCUT2D eigenvalue weighted by molar-refractivity contribution is 14.1. The second-order valence-corrected chi connectivity index (χ2v) is 2.15. The van der Waals surface area contributed by atoms with Crippen LogP contribution in [0.4, 0.5) is 0 Å². The van der Waals surface area contributed by atoms with Gasteiger partial charge in [-0.2, -0.15) is 0 Å². The van der Waals surface area contributed by atoms with Crippen LogP contribution in [0.2, 0.25) is 0 Å². The zero-order valence-electron chi connectivity index (χ0n) is 4.60. The van der Waals surface area contributed by atoms with Crippen LogP contribution in [0.25, 0.3) is 0 Å². The average molecular weight is 236 g/mol. The Kier molecular flexibility index (Phi) is 2.21. The SMILES string of the molecule is O=C(NI)C1=CN=CC1. The molecule has 0 fully saturated rings. The molecule has 0 aromatic rings. The summed E-state index contributed by atoms with van der Waals surface area (Å²) in [7, 11) is 0. The van der Waals surface area contributed by atoms with Crippen LogP contribution in [-0.4, -0.2) is 12.1 Å². The van der Waals surface area contributed by atoms with Crippen molar-refractivity contribution in [1.82, 2.24) is 3.53 Å². The van der Waals surface area contributed by atoms with Gasteiger partial charge in [-0.05, 0) is 0 Å². The molecule has 0 saturated carbocycles. The number of hydrogen-bond donors (Lipinski definition) is 1. The second-order valence-electron chi connectivity index (χ2n) is 1.61. The van der Waals surface area contributed by atoms with Gasteiger partial charge in [0.1, 0.15) is 0 Å². The van der Waals surface area contributed by atoms with E-state index >= 15 is 0 Å². The van der Waals surface area contributed by atoms with Crippen molar-refractivity contribution in [3.8, 4) is 0 Å². The molecule has 0 aromatic heterocycles. The summed E-state index contributed by atoms with van der Waals surface area (Å²) in [5, 5.41) is 0. The van der Waals surface area contributed by atoms with Crippen LogP contribution in [0.1, 0.15) is 6.42 Å². The molecule has 0 atom stereocenters. The maximum Gasteiger partial charge on any atom is 0.257 e. The van der Waals surface area contributed by atoms with Crippen LogP contribution in [0.15, 0.2) is 16.8 Å². The Morgan fingerprint density at radius 3 is 3.11 bits per heavy atom. The van der Waals surface area contributed by atoms with Crippen LogP contribution in [0.3, 0.4) is 0 Å². The Morgan fingerprint density at radius 2 is 2.67 bits per heavy atom. The van der Waals surface area contributed by atoms with Crippen molar-refractivity contribution in [1.29, 1.82) is 0 Å². The van der Waals surface area contributed by atoms with Crippen LogP contribution in [0, 0.1) is 0 Å². The van der Waals surface area contributed by atoms with E-state index in [1.807, 2.05) is 22.9 Å². The van der Waals surface area contributed by atoms with Crippen molar-refractivity contribution in [2.24, 2.45) is 4.99 Å². The fraction of sp³-hybridized carbons (Fsp3) is 0.200.